The molecule has 0 radical (unpaired) electrons. The molecule has 7 heteroatoms. The minimum Gasteiger partial charge on any atom is -0.455 e. The summed E-state index contributed by atoms with van der Waals surface area (Å²) in [6.07, 6.45) is 2.21. The molecule has 0 saturated carbocycles. The van der Waals surface area contributed by atoms with Crippen LogP contribution < -0.4 is 10.7 Å². The smallest absolute Gasteiger partial charge is 0.291 e. The van der Waals surface area contributed by atoms with Crippen LogP contribution in [-0.4, -0.2) is 17.5 Å². The van der Waals surface area contributed by atoms with Crippen molar-refractivity contribution in [2.75, 3.05) is 5.32 Å². The summed E-state index contributed by atoms with van der Waals surface area (Å²) in [5, 5.41) is 7.65. The van der Waals surface area contributed by atoms with E-state index in [-0.39, 0.29) is 17.6 Å². The van der Waals surface area contributed by atoms with Crippen molar-refractivity contribution in [3.63, 3.8) is 0 Å². The molecule has 1 aromatic heterocycles. The number of carbonyl (C=O) groups excluding carboxylic acids is 2. The average Bonchev–Trinajstić information content (AvgIpc) is 3.11. The molecule has 1 aliphatic rings. The van der Waals surface area contributed by atoms with Gasteiger partial charge in [-0.3, -0.25) is 9.59 Å². The van der Waals surface area contributed by atoms with Crippen LogP contribution in [0.2, 0.25) is 5.02 Å². The first-order valence-electron chi connectivity index (χ1n) is 10.5. The number of hydrogen-bond acceptors (Lipinski definition) is 4. The Morgan fingerprint density at radius 1 is 1.03 bits per heavy atom. The molecule has 0 fully saturated rings. The van der Waals surface area contributed by atoms with Gasteiger partial charge in [0.15, 0.2) is 5.76 Å². The number of amides is 2. The lowest BCUT2D eigenvalue weighted by Crippen LogP contribution is -2.22. The highest BCUT2D eigenvalue weighted by Gasteiger charge is 2.28. The topological polar surface area (TPSA) is 83.7 Å². The molecule has 6 nitrogen and oxygen atoms in total. The molecule has 3 aromatic rings. The van der Waals surface area contributed by atoms with Crippen molar-refractivity contribution in [3.8, 4) is 0 Å². The molecule has 4 rings (SSSR count). The molecule has 0 unspecified atom stereocenters. The van der Waals surface area contributed by atoms with Crippen LogP contribution in [0.4, 0.5) is 5.69 Å². The van der Waals surface area contributed by atoms with Gasteiger partial charge in [-0.05, 0) is 57.4 Å². The number of hydrazone groups is 1. The first-order chi connectivity index (χ1) is 15.3. The summed E-state index contributed by atoms with van der Waals surface area (Å²) in [4.78, 5) is 25.4. The van der Waals surface area contributed by atoms with Gasteiger partial charge in [-0.25, -0.2) is 5.43 Å². The van der Waals surface area contributed by atoms with Crippen LogP contribution >= 0.6 is 11.6 Å². The van der Waals surface area contributed by atoms with Crippen molar-refractivity contribution in [1.82, 2.24) is 5.43 Å². The molecule has 0 spiro atoms. The van der Waals surface area contributed by atoms with E-state index in [0.717, 1.165) is 28.8 Å². The van der Waals surface area contributed by atoms with Crippen LogP contribution in [0.3, 0.4) is 0 Å². The minimum atomic E-state index is -0.385. The lowest BCUT2D eigenvalue weighted by Gasteiger charge is -2.13. The average molecular weight is 450 g/mol. The lowest BCUT2D eigenvalue weighted by molar-refractivity contribution is 0.0953. The SMILES string of the molecule is Cc1ccc(NC(=O)c2oc3c(c2C)/C(=N/NC(=O)c2ccccc2Cl)CCC3)c(C)c1. The molecule has 0 saturated heterocycles. The fourth-order valence-electron chi connectivity index (χ4n) is 3.95. The number of carbonyl (C=O) groups is 2. The van der Waals surface area contributed by atoms with E-state index in [0.29, 0.717) is 40.5 Å². The predicted octanol–water partition coefficient (Wildman–Crippen LogP) is 5.58. The number of aryl methyl sites for hydroxylation is 3. The van der Waals surface area contributed by atoms with E-state index < -0.39 is 0 Å². The van der Waals surface area contributed by atoms with Gasteiger partial charge >= 0.3 is 0 Å². The fourth-order valence-corrected chi connectivity index (χ4v) is 4.17. The molecule has 1 heterocycles. The molecule has 164 valence electrons. The number of nitrogens with one attached hydrogen (secondary N) is 2. The summed E-state index contributed by atoms with van der Waals surface area (Å²) in [5.41, 5.74) is 8.00. The third-order valence-electron chi connectivity index (χ3n) is 5.57. The van der Waals surface area contributed by atoms with Gasteiger partial charge in [-0.1, -0.05) is 41.4 Å². The van der Waals surface area contributed by atoms with Gasteiger partial charge in [0.1, 0.15) is 5.76 Å². The van der Waals surface area contributed by atoms with E-state index in [4.69, 9.17) is 16.0 Å². The molecule has 2 N–H and O–H groups in total. The molecular formula is C25H24ClN3O3. The van der Waals surface area contributed by atoms with E-state index in [2.05, 4.69) is 15.8 Å². The van der Waals surface area contributed by atoms with Crippen LogP contribution in [0.25, 0.3) is 0 Å². The van der Waals surface area contributed by atoms with E-state index in [1.165, 1.54) is 0 Å². The Morgan fingerprint density at radius 2 is 1.81 bits per heavy atom. The zero-order valence-corrected chi connectivity index (χ0v) is 19.0. The monoisotopic (exact) mass is 449 g/mol. The van der Waals surface area contributed by atoms with Crippen LogP contribution in [0.5, 0.6) is 0 Å². The molecule has 2 aromatic carbocycles. The third kappa shape index (κ3) is 4.32. The Balaban J connectivity index is 1.58. The van der Waals surface area contributed by atoms with Crippen molar-refractivity contribution in [3.05, 3.63) is 86.8 Å². The number of nitrogens with zero attached hydrogens (tertiary/aromatic N) is 1. The summed E-state index contributed by atoms with van der Waals surface area (Å²) in [6.45, 7) is 5.81. The molecule has 0 bridgehead atoms. The van der Waals surface area contributed by atoms with Gasteiger partial charge in [0, 0.05) is 23.2 Å². The van der Waals surface area contributed by atoms with E-state index in [1.807, 2.05) is 39.0 Å². The first-order valence-corrected chi connectivity index (χ1v) is 10.9. The highest BCUT2D eigenvalue weighted by Crippen LogP contribution is 2.30. The minimum absolute atomic E-state index is 0.266. The second-order valence-corrected chi connectivity index (χ2v) is 8.37. The summed E-state index contributed by atoms with van der Waals surface area (Å²) >= 11 is 6.10. The largest absolute Gasteiger partial charge is 0.455 e. The quantitative estimate of drug-likeness (QED) is 0.510. The summed E-state index contributed by atoms with van der Waals surface area (Å²) in [5.74, 6) is 0.291. The lowest BCUT2D eigenvalue weighted by atomic mass is 9.93. The van der Waals surface area contributed by atoms with Gasteiger partial charge in [-0.2, -0.15) is 5.10 Å². The Hall–Kier alpha value is -3.38. The number of halogens is 1. The van der Waals surface area contributed by atoms with E-state index in [1.54, 1.807) is 24.3 Å². The Kier molecular flexibility index (Phi) is 6.15. The van der Waals surface area contributed by atoms with Crippen LogP contribution in [0.1, 0.15) is 61.8 Å². The molecular weight excluding hydrogens is 426 g/mol. The normalized spacial score (nSPS) is 14.2. The third-order valence-corrected chi connectivity index (χ3v) is 5.90. The van der Waals surface area contributed by atoms with E-state index >= 15 is 0 Å². The molecule has 1 aliphatic carbocycles. The van der Waals surface area contributed by atoms with Crippen LogP contribution in [0.15, 0.2) is 52.0 Å². The molecule has 2 amide bonds. The maximum atomic E-state index is 13.0. The van der Waals surface area contributed by atoms with Gasteiger partial charge in [0.25, 0.3) is 11.8 Å². The number of rotatable bonds is 4. The zero-order chi connectivity index (χ0) is 22.8. The van der Waals surface area contributed by atoms with Gasteiger partial charge in [0.2, 0.25) is 0 Å². The van der Waals surface area contributed by atoms with Gasteiger partial charge in [0.05, 0.1) is 16.3 Å². The number of furan rings is 1. The highest BCUT2D eigenvalue weighted by molar-refractivity contribution is 6.33. The standard InChI is InChI=1S/C25H24ClN3O3/c1-14-11-12-19(15(2)13-14)27-25(31)23-16(3)22-20(9-6-10-21(22)32-23)28-29-24(30)17-7-4-5-8-18(17)26/h4-5,7-8,11-13H,6,9-10H2,1-3H3,(H,27,31)(H,29,30)/b28-20+. The van der Waals surface area contributed by atoms with E-state index in [9.17, 15) is 9.59 Å². The van der Waals surface area contributed by atoms with Gasteiger partial charge in [-0.15, -0.1) is 0 Å². The summed E-state index contributed by atoms with van der Waals surface area (Å²) < 4.78 is 5.95. The number of fused-ring (bicyclic) bond motifs is 1. The molecule has 32 heavy (non-hydrogen) atoms. The maximum Gasteiger partial charge on any atom is 0.291 e. The summed E-state index contributed by atoms with van der Waals surface area (Å²) in [7, 11) is 0. The Bertz CT molecular complexity index is 1240. The fraction of sp³-hybridized carbons (Fsp3) is 0.240. The maximum absolute atomic E-state index is 13.0. The second-order valence-electron chi connectivity index (χ2n) is 7.96. The molecule has 0 aliphatic heterocycles. The Morgan fingerprint density at radius 3 is 2.56 bits per heavy atom. The van der Waals surface area contributed by atoms with Crippen molar-refractivity contribution in [1.29, 1.82) is 0 Å². The van der Waals surface area contributed by atoms with Crippen molar-refractivity contribution in [2.24, 2.45) is 5.10 Å². The molecule has 0 atom stereocenters. The first kappa shape index (κ1) is 21.8. The number of anilines is 1. The van der Waals surface area contributed by atoms with Crippen LogP contribution in [-0.2, 0) is 6.42 Å². The summed E-state index contributed by atoms with van der Waals surface area (Å²) in [6, 6.07) is 12.7. The van der Waals surface area contributed by atoms with Crippen molar-refractivity contribution in [2.45, 2.75) is 40.0 Å². The number of benzene rings is 2. The van der Waals surface area contributed by atoms with Crippen molar-refractivity contribution >= 4 is 34.8 Å². The Labute approximate surface area is 191 Å². The number of hydrogen-bond donors (Lipinski definition) is 2. The van der Waals surface area contributed by atoms with Gasteiger partial charge < -0.3 is 9.73 Å². The highest BCUT2D eigenvalue weighted by atomic mass is 35.5. The van der Waals surface area contributed by atoms with Crippen molar-refractivity contribution < 1.29 is 14.0 Å². The van der Waals surface area contributed by atoms with Crippen LogP contribution in [0, 0.1) is 20.8 Å². The zero-order valence-electron chi connectivity index (χ0n) is 18.2. The predicted molar refractivity (Wildman–Crippen MR) is 126 cm³/mol. The second kappa shape index (κ2) is 9.01.